The maximum atomic E-state index is 12.1. The van der Waals surface area contributed by atoms with Gasteiger partial charge < -0.3 is 9.15 Å². The molecule has 0 radical (unpaired) electrons. The highest BCUT2D eigenvalue weighted by Crippen LogP contribution is 2.17. The molecule has 0 spiro atoms. The Hall–Kier alpha value is -1.74. The second-order valence-electron chi connectivity index (χ2n) is 3.69. The molecule has 0 N–H and O–H groups in total. The van der Waals surface area contributed by atoms with Crippen LogP contribution in [0.3, 0.4) is 0 Å². The topological polar surface area (TPSA) is 39.4 Å². The Morgan fingerprint density at radius 3 is 2.50 bits per heavy atom. The van der Waals surface area contributed by atoms with Crippen LogP contribution in [0.25, 0.3) is 0 Å². The van der Waals surface area contributed by atoms with Gasteiger partial charge in [-0.05, 0) is 43.3 Å². The van der Waals surface area contributed by atoms with Gasteiger partial charge in [-0.3, -0.25) is 4.79 Å². The molecule has 1 aromatic heterocycles. The number of alkyl halides is 1. The number of rotatable bonds is 5. The zero-order valence-electron chi connectivity index (χ0n) is 9.98. The molecule has 0 aliphatic rings. The van der Waals surface area contributed by atoms with Crippen LogP contribution in [-0.2, 0) is 5.88 Å². The number of furan rings is 1. The molecule has 0 bridgehead atoms. The molecule has 0 fully saturated rings. The molecule has 0 atom stereocenters. The maximum absolute atomic E-state index is 12.1. The van der Waals surface area contributed by atoms with Crippen LogP contribution < -0.4 is 4.74 Å². The van der Waals surface area contributed by atoms with E-state index in [1.807, 2.05) is 6.92 Å². The van der Waals surface area contributed by atoms with E-state index in [0.717, 1.165) is 5.75 Å². The molecule has 0 saturated heterocycles. The lowest BCUT2D eigenvalue weighted by molar-refractivity contribution is 0.101. The first kappa shape index (κ1) is 12.7. The fraction of sp³-hybridized carbons (Fsp3) is 0.214. The first-order valence-electron chi connectivity index (χ1n) is 5.67. The van der Waals surface area contributed by atoms with Crippen molar-refractivity contribution in [1.29, 1.82) is 0 Å². The molecule has 1 aromatic carbocycles. The molecule has 4 heteroatoms. The van der Waals surface area contributed by atoms with E-state index in [4.69, 9.17) is 20.8 Å². The van der Waals surface area contributed by atoms with E-state index in [-0.39, 0.29) is 11.7 Å². The van der Waals surface area contributed by atoms with Gasteiger partial charge >= 0.3 is 0 Å². The zero-order chi connectivity index (χ0) is 13.0. The smallest absolute Gasteiger partial charge is 0.228 e. The Labute approximate surface area is 110 Å². The number of carbonyl (C=O) groups excluding carboxylic acids is 1. The Morgan fingerprint density at radius 2 is 1.94 bits per heavy atom. The summed E-state index contributed by atoms with van der Waals surface area (Å²) in [7, 11) is 0. The summed E-state index contributed by atoms with van der Waals surface area (Å²) in [6, 6.07) is 10.3. The van der Waals surface area contributed by atoms with Crippen molar-refractivity contribution in [1.82, 2.24) is 0 Å². The lowest BCUT2D eigenvalue weighted by Crippen LogP contribution is -1.99. The summed E-state index contributed by atoms with van der Waals surface area (Å²) >= 11 is 5.62. The first-order valence-corrected chi connectivity index (χ1v) is 6.20. The van der Waals surface area contributed by atoms with Crippen LogP contribution >= 0.6 is 11.6 Å². The number of hydrogen-bond acceptors (Lipinski definition) is 3. The van der Waals surface area contributed by atoms with Crippen LogP contribution in [0.15, 0.2) is 40.8 Å². The molecule has 18 heavy (non-hydrogen) atoms. The summed E-state index contributed by atoms with van der Waals surface area (Å²) in [4.78, 5) is 12.1. The quantitative estimate of drug-likeness (QED) is 0.611. The van der Waals surface area contributed by atoms with Crippen LogP contribution in [0.4, 0.5) is 0 Å². The predicted molar refractivity (Wildman–Crippen MR) is 69.3 cm³/mol. The van der Waals surface area contributed by atoms with Crippen molar-refractivity contribution in [2.24, 2.45) is 0 Å². The van der Waals surface area contributed by atoms with Gasteiger partial charge in [0.25, 0.3) is 0 Å². The van der Waals surface area contributed by atoms with E-state index in [1.54, 1.807) is 36.4 Å². The van der Waals surface area contributed by atoms with Crippen LogP contribution in [0.2, 0.25) is 0 Å². The molecule has 0 aliphatic carbocycles. The Bertz CT molecular complexity index is 528. The van der Waals surface area contributed by atoms with Crippen LogP contribution in [0.1, 0.15) is 28.8 Å². The van der Waals surface area contributed by atoms with Crippen molar-refractivity contribution in [3.63, 3.8) is 0 Å². The van der Waals surface area contributed by atoms with Crippen molar-refractivity contribution in [2.45, 2.75) is 12.8 Å². The molecule has 0 saturated carbocycles. The van der Waals surface area contributed by atoms with Crippen molar-refractivity contribution in [2.75, 3.05) is 6.61 Å². The molecule has 2 aromatic rings. The highest BCUT2D eigenvalue weighted by atomic mass is 35.5. The molecule has 3 nitrogen and oxygen atoms in total. The number of ketones is 1. The fourth-order valence-electron chi connectivity index (χ4n) is 1.58. The third-order valence-corrected chi connectivity index (χ3v) is 2.71. The Kier molecular flexibility index (Phi) is 4.05. The Morgan fingerprint density at radius 1 is 1.22 bits per heavy atom. The third-order valence-electron chi connectivity index (χ3n) is 2.44. The van der Waals surface area contributed by atoms with E-state index < -0.39 is 0 Å². The fourth-order valence-corrected chi connectivity index (χ4v) is 1.73. The van der Waals surface area contributed by atoms with Gasteiger partial charge in [0.05, 0.1) is 12.5 Å². The molecular formula is C14H13ClO3. The van der Waals surface area contributed by atoms with Gasteiger partial charge in [0.15, 0.2) is 5.76 Å². The van der Waals surface area contributed by atoms with E-state index in [2.05, 4.69) is 0 Å². The summed E-state index contributed by atoms with van der Waals surface area (Å²) in [6.07, 6.45) is 0. The number of benzene rings is 1. The average Bonchev–Trinajstić information content (AvgIpc) is 2.88. The SMILES string of the molecule is CCOc1ccc(C(=O)c2ccc(CCl)o2)cc1. The van der Waals surface area contributed by atoms with Crippen LogP contribution in [0, 0.1) is 0 Å². The van der Waals surface area contributed by atoms with Crippen LogP contribution in [0.5, 0.6) is 5.75 Å². The van der Waals surface area contributed by atoms with E-state index in [9.17, 15) is 4.79 Å². The normalized spacial score (nSPS) is 10.3. The molecule has 94 valence electrons. The summed E-state index contributed by atoms with van der Waals surface area (Å²) in [5.41, 5.74) is 0.564. The highest BCUT2D eigenvalue weighted by molar-refractivity contribution is 6.16. The molecular weight excluding hydrogens is 252 g/mol. The number of ether oxygens (including phenoxy) is 1. The van der Waals surface area contributed by atoms with Crippen LogP contribution in [-0.4, -0.2) is 12.4 Å². The van der Waals surface area contributed by atoms with Crippen molar-refractivity contribution in [3.8, 4) is 5.75 Å². The van der Waals surface area contributed by atoms with Gasteiger partial charge in [-0.1, -0.05) is 0 Å². The molecule has 0 aliphatic heterocycles. The molecule has 1 heterocycles. The van der Waals surface area contributed by atoms with Gasteiger partial charge in [0.1, 0.15) is 11.5 Å². The van der Waals surface area contributed by atoms with Crippen molar-refractivity contribution < 1.29 is 13.9 Å². The summed E-state index contributed by atoms with van der Waals surface area (Å²) in [5.74, 6) is 1.74. The largest absolute Gasteiger partial charge is 0.494 e. The number of halogens is 1. The van der Waals surface area contributed by atoms with Gasteiger partial charge in [0.2, 0.25) is 5.78 Å². The minimum absolute atomic E-state index is 0.158. The first-order chi connectivity index (χ1) is 8.74. The predicted octanol–water partition coefficient (Wildman–Crippen LogP) is 3.65. The zero-order valence-corrected chi connectivity index (χ0v) is 10.7. The van der Waals surface area contributed by atoms with Gasteiger partial charge in [-0.25, -0.2) is 0 Å². The molecule has 0 unspecified atom stereocenters. The third kappa shape index (κ3) is 2.74. The lowest BCUT2D eigenvalue weighted by Gasteiger charge is -2.03. The minimum Gasteiger partial charge on any atom is -0.494 e. The molecule has 2 rings (SSSR count). The van der Waals surface area contributed by atoms with Gasteiger partial charge in [-0.2, -0.15) is 0 Å². The monoisotopic (exact) mass is 264 g/mol. The van der Waals surface area contributed by atoms with Gasteiger partial charge in [0, 0.05) is 5.56 Å². The number of hydrogen-bond donors (Lipinski definition) is 0. The lowest BCUT2D eigenvalue weighted by atomic mass is 10.1. The second kappa shape index (κ2) is 5.74. The summed E-state index contributed by atoms with van der Waals surface area (Å²) < 4.78 is 10.6. The van der Waals surface area contributed by atoms with E-state index in [1.165, 1.54) is 0 Å². The summed E-state index contributed by atoms with van der Waals surface area (Å²) in [5, 5.41) is 0. The van der Waals surface area contributed by atoms with E-state index >= 15 is 0 Å². The average molecular weight is 265 g/mol. The van der Waals surface area contributed by atoms with Crippen molar-refractivity contribution >= 4 is 17.4 Å². The number of carbonyl (C=O) groups is 1. The second-order valence-corrected chi connectivity index (χ2v) is 3.95. The standard InChI is InChI=1S/C14H13ClO3/c1-2-17-11-5-3-10(4-6-11)14(16)13-8-7-12(9-15)18-13/h3-8H,2,9H2,1H3. The molecule has 0 amide bonds. The van der Waals surface area contributed by atoms with E-state index in [0.29, 0.717) is 23.7 Å². The summed E-state index contributed by atoms with van der Waals surface area (Å²) in [6.45, 7) is 2.51. The minimum atomic E-state index is -0.158. The highest BCUT2D eigenvalue weighted by Gasteiger charge is 2.13. The van der Waals surface area contributed by atoms with Gasteiger partial charge in [-0.15, -0.1) is 11.6 Å². The Balaban J connectivity index is 2.17. The maximum Gasteiger partial charge on any atom is 0.228 e. The van der Waals surface area contributed by atoms with Crippen molar-refractivity contribution in [3.05, 3.63) is 53.5 Å².